The lowest BCUT2D eigenvalue weighted by Crippen LogP contribution is -2.37. The molecule has 1 aliphatic rings. The summed E-state index contributed by atoms with van der Waals surface area (Å²) in [6, 6.07) is 5.80. The largest absolute Gasteiger partial charge is 0.341 e. The maximum Gasteiger partial charge on any atom is 0.238 e. The first-order valence-corrected chi connectivity index (χ1v) is 7.06. The van der Waals surface area contributed by atoms with Gasteiger partial charge in [-0.15, -0.1) is 0 Å². The van der Waals surface area contributed by atoms with Gasteiger partial charge in [0.05, 0.1) is 6.54 Å². The minimum atomic E-state index is -0.381. The lowest BCUT2D eigenvalue weighted by atomic mass is 10.3. The third-order valence-electron chi connectivity index (χ3n) is 3.44. The predicted octanol–water partition coefficient (Wildman–Crippen LogP) is 1.32. The summed E-state index contributed by atoms with van der Waals surface area (Å²) in [4.78, 5) is 27.0. The van der Waals surface area contributed by atoms with Crippen LogP contribution in [0, 0.1) is 5.82 Å². The molecule has 0 radical (unpaired) electrons. The van der Waals surface area contributed by atoms with Gasteiger partial charge in [0, 0.05) is 31.7 Å². The highest BCUT2D eigenvalue weighted by Crippen LogP contribution is 2.10. The molecule has 1 N–H and O–H groups in total. The predicted molar refractivity (Wildman–Crippen MR) is 78.3 cm³/mol. The number of hydrogen-bond donors (Lipinski definition) is 1. The first-order chi connectivity index (χ1) is 10.0. The standard InChI is InChI=1S/C15H20FN3O2/c1-18(8-9-19-7-3-6-15(19)21)11-14(20)17-13-5-2-4-12(16)10-13/h2,4-5,10H,3,6-9,11H2,1H3,(H,17,20). The van der Waals surface area contributed by atoms with Crippen LogP contribution >= 0.6 is 0 Å². The van der Waals surface area contributed by atoms with Crippen molar-refractivity contribution in [3.05, 3.63) is 30.1 Å². The molecule has 1 saturated heterocycles. The molecule has 2 amide bonds. The zero-order chi connectivity index (χ0) is 15.2. The van der Waals surface area contributed by atoms with Gasteiger partial charge >= 0.3 is 0 Å². The van der Waals surface area contributed by atoms with Crippen LogP contribution in [0.4, 0.5) is 10.1 Å². The van der Waals surface area contributed by atoms with E-state index in [2.05, 4.69) is 5.32 Å². The van der Waals surface area contributed by atoms with Crippen LogP contribution < -0.4 is 5.32 Å². The Balaban J connectivity index is 1.73. The van der Waals surface area contributed by atoms with E-state index in [-0.39, 0.29) is 24.2 Å². The number of rotatable bonds is 6. The van der Waals surface area contributed by atoms with Gasteiger partial charge in [0.15, 0.2) is 0 Å². The molecule has 1 aromatic carbocycles. The molecule has 2 rings (SSSR count). The van der Waals surface area contributed by atoms with Crippen LogP contribution in [-0.4, -0.2) is 54.8 Å². The van der Waals surface area contributed by atoms with Gasteiger partial charge in [-0.25, -0.2) is 4.39 Å². The molecule has 5 nitrogen and oxygen atoms in total. The Morgan fingerprint density at radius 2 is 2.29 bits per heavy atom. The van der Waals surface area contributed by atoms with E-state index in [9.17, 15) is 14.0 Å². The van der Waals surface area contributed by atoms with Crippen molar-refractivity contribution in [3.63, 3.8) is 0 Å². The summed E-state index contributed by atoms with van der Waals surface area (Å²) in [5, 5.41) is 2.65. The third-order valence-corrected chi connectivity index (χ3v) is 3.44. The Hall–Kier alpha value is -1.95. The highest BCUT2D eigenvalue weighted by Gasteiger charge is 2.20. The van der Waals surface area contributed by atoms with E-state index in [0.29, 0.717) is 25.2 Å². The SMILES string of the molecule is CN(CCN1CCCC1=O)CC(=O)Nc1cccc(F)c1. The van der Waals surface area contributed by atoms with E-state index < -0.39 is 0 Å². The summed E-state index contributed by atoms with van der Waals surface area (Å²) in [7, 11) is 1.83. The zero-order valence-electron chi connectivity index (χ0n) is 12.1. The van der Waals surface area contributed by atoms with Gasteiger partial charge in [-0.05, 0) is 31.7 Å². The van der Waals surface area contributed by atoms with Gasteiger partial charge in [-0.1, -0.05) is 6.07 Å². The van der Waals surface area contributed by atoms with Gasteiger partial charge in [-0.3, -0.25) is 14.5 Å². The van der Waals surface area contributed by atoms with Crippen molar-refractivity contribution in [1.29, 1.82) is 0 Å². The third kappa shape index (κ3) is 4.82. The number of halogens is 1. The minimum Gasteiger partial charge on any atom is -0.341 e. The summed E-state index contributed by atoms with van der Waals surface area (Å²) in [6.45, 7) is 2.30. The molecule has 114 valence electrons. The van der Waals surface area contributed by atoms with Crippen molar-refractivity contribution in [3.8, 4) is 0 Å². The van der Waals surface area contributed by atoms with E-state index >= 15 is 0 Å². The zero-order valence-corrected chi connectivity index (χ0v) is 12.1. The van der Waals surface area contributed by atoms with E-state index in [1.54, 1.807) is 12.1 Å². The Bertz CT molecular complexity index is 521. The van der Waals surface area contributed by atoms with Crippen LogP contribution in [-0.2, 0) is 9.59 Å². The molecule has 1 aliphatic heterocycles. The normalized spacial score (nSPS) is 14.8. The molecule has 1 aromatic rings. The van der Waals surface area contributed by atoms with Crippen molar-refractivity contribution in [2.75, 3.05) is 38.5 Å². The van der Waals surface area contributed by atoms with Crippen LogP contribution in [0.2, 0.25) is 0 Å². The number of carbonyl (C=O) groups is 2. The first kappa shape index (κ1) is 15.4. The number of hydrogen-bond acceptors (Lipinski definition) is 3. The van der Waals surface area contributed by atoms with Crippen LogP contribution in [0.3, 0.4) is 0 Å². The number of benzene rings is 1. The molecule has 0 unspecified atom stereocenters. The highest BCUT2D eigenvalue weighted by atomic mass is 19.1. The van der Waals surface area contributed by atoms with E-state index in [4.69, 9.17) is 0 Å². The molecule has 6 heteroatoms. The van der Waals surface area contributed by atoms with Crippen LogP contribution in [0.15, 0.2) is 24.3 Å². The monoisotopic (exact) mass is 293 g/mol. The topological polar surface area (TPSA) is 52.7 Å². The Morgan fingerprint density at radius 3 is 2.95 bits per heavy atom. The minimum absolute atomic E-state index is 0.188. The number of carbonyl (C=O) groups excluding carboxylic acids is 2. The smallest absolute Gasteiger partial charge is 0.238 e. The van der Waals surface area contributed by atoms with Crippen molar-refractivity contribution >= 4 is 17.5 Å². The van der Waals surface area contributed by atoms with Gasteiger partial charge in [0.1, 0.15) is 5.82 Å². The number of likely N-dealkylation sites (tertiary alicyclic amines) is 1. The molecule has 0 aliphatic carbocycles. The fourth-order valence-corrected chi connectivity index (χ4v) is 2.32. The van der Waals surface area contributed by atoms with Crippen LogP contribution in [0.25, 0.3) is 0 Å². The lowest BCUT2D eigenvalue weighted by molar-refractivity contribution is -0.127. The number of nitrogens with one attached hydrogen (secondary N) is 1. The number of amides is 2. The van der Waals surface area contributed by atoms with E-state index in [1.807, 2.05) is 16.8 Å². The van der Waals surface area contributed by atoms with Gasteiger partial charge in [0.2, 0.25) is 11.8 Å². The molecule has 0 saturated carbocycles. The molecule has 0 aromatic heterocycles. The van der Waals surface area contributed by atoms with Gasteiger partial charge in [0.25, 0.3) is 0 Å². The molecule has 0 bridgehead atoms. The highest BCUT2D eigenvalue weighted by molar-refractivity contribution is 5.92. The molecule has 1 heterocycles. The van der Waals surface area contributed by atoms with Crippen molar-refractivity contribution in [2.24, 2.45) is 0 Å². The van der Waals surface area contributed by atoms with Crippen LogP contribution in [0.5, 0.6) is 0 Å². The fraction of sp³-hybridized carbons (Fsp3) is 0.467. The molecule has 21 heavy (non-hydrogen) atoms. The van der Waals surface area contributed by atoms with Crippen molar-refractivity contribution in [1.82, 2.24) is 9.80 Å². The molecule has 0 atom stereocenters. The van der Waals surface area contributed by atoms with Crippen molar-refractivity contribution in [2.45, 2.75) is 12.8 Å². The average Bonchev–Trinajstić information content (AvgIpc) is 2.81. The summed E-state index contributed by atoms with van der Waals surface area (Å²) >= 11 is 0. The molecular formula is C15H20FN3O2. The lowest BCUT2D eigenvalue weighted by Gasteiger charge is -2.21. The number of nitrogens with zero attached hydrogens (tertiary/aromatic N) is 2. The summed E-state index contributed by atoms with van der Waals surface area (Å²) in [5.74, 6) is -0.392. The molecule has 0 spiro atoms. The number of likely N-dealkylation sites (N-methyl/N-ethyl adjacent to an activating group) is 1. The second kappa shape index (κ2) is 7.17. The summed E-state index contributed by atoms with van der Waals surface area (Å²) in [5.41, 5.74) is 0.447. The Kier molecular flexibility index (Phi) is 5.27. The molecule has 1 fully saturated rings. The second-order valence-electron chi connectivity index (χ2n) is 5.28. The van der Waals surface area contributed by atoms with Gasteiger partial charge in [-0.2, -0.15) is 0 Å². The molecular weight excluding hydrogens is 273 g/mol. The maximum absolute atomic E-state index is 13.0. The Morgan fingerprint density at radius 1 is 1.48 bits per heavy atom. The quantitative estimate of drug-likeness (QED) is 0.860. The van der Waals surface area contributed by atoms with E-state index in [0.717, 1.165) is 13.0 Å². The summed E-state index contributed by atoms with van der Waals surface area (Å²) in [6.07, 6.45) is 1.55. The average molecular weight is 293 g/mol. The number of anilines is 1. The van der Waals surface area contributed by atoms with Crippen molar-refractivity contribution < 1.29 is 14.0 Å². The maximum atomic E-state index is 13.0. The first-order valence-electron chi connectivity index (χ1n) is 7.06. The van der Waals surface area contributed by atoms with Crippen LogP contribution in [0.1, 0.15) is 12.8 Å². The fourth-order valence-electron chi connectivity index (χ4n) is 2.32. The Labute approximate surface area is 123 Å². The summed E-state index contributed by atoms with van der Waals surface area (Å²) < 4.78 is 13.0. The van der Waals surface area contributed by atoms with Gasteiger partial charge < -0.3 is 10.2 Å². The second-order valence-corrected chi connectivity index (χ2v) is 5.28. The van der Waals surface area contributed by atoms with E-state index in [1.165, 1.54) is 12.1 Å².